The standard InChI is InChI=1S/C24H23N3O3S/c28-22(17-31-24-25-13-5-14-26-24)27-15-4-6-19(16-27)23(29)18-9-11-21(12-10-18)30-20-7-2-1-3-8-20/h1-3,5,7-14,19H,4,6,15-17H2. The number of carbonyl (C=O) groups excluding carboxylic acids is 2. The second kappa shape index (κ2) is 10.2. The van der Waals surface area contributed by atoms with Crippen molar-refractivity contribution in [2.75, 3.05) is 18.8 Å². The highest BCUT2D eigenvalue weighted by Gasteiger charge is 2.29. The van der Waals surface area contributed by atoms with Crippen molar-refractivity contribution in [3.05, 3.63) is 78.6 Å². The van der Waals surface area contributed by atoms with Crippen LogP contribution in [0.4, 0.5) is 0 Å². The summed E-state index contributed by atoms with van der Waals surface area (Å²) in [4.78, 5) is 35.7. The van der Waals surface area contributed by atoms with E-state index in [1.807, 2.05) is 42.5 Å². The van der Waals surface area contributed by atoms with Crippen LogP contribution in [0.15, 0.2) is 78.2 Å². The van der Waals surface area contributed by atoms with E-state index in [4.69, 9.17) is 4.74 Å². The molecule has 1 amide bonds. The summed E-state index contributed by atoms with van der Waals surface area (Å²) < 4.78 is 5.79. The fourth-order valence-corrected chi connectivity index (χ4v) is 4.25. The zero-order chi connectivity index (χ0) is 21.5. The van der Waals surface area contributed by atoms with Gasteiger partial charge in [0.25, 0.3) is 0 Å². The predicted molar refractivity (Wildman–Crippen MR) is 119 cm³/mol. The molecule has 0 saturated carbocycles. The molecule has 1 aliphatic heterocycles. The maximum Gasteiger partial charge on any atom is 0.233 e. The van der Waals surface area contributed by atoms with Gasteiger partial charge in [-0.25, -0.2) is 9.97 Å². The molecule has 7 heteroatoms. The summed E-state index contributed by atoms with van der Waals surface area (Å²) in [5.74, 6) is 1.61. The Balaban J connectivity index is 1.33. The summed E-state index contributed by atoms with van der Waals surface area (Å²) >= 11 is 1.32. The highest BCUT2D eigenvalue weighted by molar-refractivity contribution is 7.99. The molecule has 1 fully saturated rings. The van der Waals surface area contributed by atoms with Crippen LogP contribution in [0.25, 0.3) is 0 Å². The van der Waals surface area contributed by atoms with E-state index in [-0.39, 0.29) is 23.4 Å². The number of ether oxygens (including phenoxy) is 1. The van der Waals surface area contributed by atoms with Gasteiger partial charge < -0.3 is 9.64 Å². The molecule has 1 unspecified atom stereocenters. The van der Waals surface area contributed by atoms with E-state index in [9.17, 15) is 9.59 Å². The van der Waals surface area contributed by atoms with Crippen LogP contribution in [0.5, 0.6) is 11.5 Å². The number of amides is 1. The molecule has 1 aliphatic rings. The maximum atomic E-state index is 13.0. The molecule has 2 heterocycles. The number of carbonyl (C=O) groups is 2. The molecule has 0 radical (unpaired) electrons. The zero-order valence-corrected chi connectivity index (χ0v) is 17.8. The van der Waals surface area contributed by atoms with Gasteiger partial charge >= 0.3 is 0 Å². The minimum absolute atomic E-state index is 0.0153. The summed E-state index contributed by atoms with van der Waals surface area (Å²) in [7, 11) is 0. The normalized spacial score (nSPS) is 16.0. The average molecular weight is 434 g/mol. The van der Waals surface area contributed by atoms with Crippen LogP contribution >= 0.6 is 11.8 Å². The average Bonchev–Trinajstić information content (AvgIpc) is 2.84. The van der Waals surface area contributed by atoms with Crippen molar-refractivity contribution in [1.29, 1.82) is 0 Å². The third-order valence-electron chi connectivity index (χ3n) is 5.13. The Morgan fingerprint density at radius 1 is 0.968 bits per heavy atom. The number of Topliss-reactive ketones (excluding diaryl/α,β-unsaturated/α-hetero) is 1. The smallest absolute Gasteiger partial charge is 0.233 e. The van der Waals surface area contributed by atoms with Crippen molar-refractivity contribution in [2.45, 2.75) is 18.0 Å². The number of nitrogens with zero attached hydrogens (tertiary/aromatic N) is 3. The minimum Gasteiger partial charge on any atom is -0.457 e. The number of likely N-dealkylation sites (tertiary alicyclic amines) is 1. The summed E-state index contributed by atoms with van der Waals surface area (Å²) in [6.45, 7) is 1.14. The maximum absolute atomic E-state index is 13.0. The molecule has 0 aliphatic carbocycles. The first-order valence-corrected chi connectivity index (χ1v) is 11.2. The molecule has 1 atom stereocenters. The largest absolute Gasteiger partial charge is 0.457 e. The molecule has 0 spiro atoms. The first-order chi connectivity index (χ1) is 15.2. The lowest BCUT2D eigenvalue weighted by Gasteiger charge is -2.32. The van der Waals surface area contributed by atoms with Gasteiger partial charge in [-0.05, 0) is 55.3 Å². The number of aromatic nitrogens is 2. The van der Waals surface area contributed by atoms with Gasteiger partial charge in [-0.2, -0.15) is 0 Å². The van der Waals surface area contributed by atoms with E-state index >= 15 is 0 Å². The van der Waals surface area contributed by atoms with E-state index in [1.165, 1.54) is 11.8 Å². The van der Waals surface area contributed by atoms with Gasteiger partial charge in [-0.1, -0.05) is 30.0 Å². The Hall–Kier alpha value is -3.19. The minimum atomic E-state index is -0.184. The number of hydrogen-bond acceptors (Lipinski definition) is 6. The number of benzene rings is 2. The zero-order valence-electron chi connectivity index (χ0n) is 17.0. The van der Waals surface area contributed by atoms with Crippen molar-refractivity contribution < 1.29 is 14.3 Å². The Kier molecular flexibility index (Phi) is 6.94. The molecule has 1 aromatic heterocycles. The summed E-state index contributed by atoms with van der Waals surface area (Å²) in [5.41, 5.74) is 0.645. The fraction of sp³-hybridized carbons (Fsp3) is 0.250. The fourth-order valence-electron chi connectivity index (χ4n) is 3.54. The van der Waals surface area contributed by atoms with Gasteiger partial charge in [0.2, 0.25) is 5.91 Å². The van der Waals surface area contributed by atoms with Gasteiger partial charge in [0, 0.05) is 37.0 Å². The monoisotopic (exact) mass is 433 g/mol. The topological polar surface area (TPSA) is 72.4 Å². The lowest BCUT2D eigenvalue weighted by Crippen LogP contribution is -2.43. The number of ketones is 1. The molecule has 158 valence electrons. The van der Waals surface area contributed by atoms with Crippen molar-refractivity contribution in [2.24, 2.45) is 5.92 Å². The number of para-hydroxylation sites is 1. The molecule has 4 rings (SSSR count). The van der Waals surface area contributed by atoms with Crippen LogP contribution in [0, 0.1) is 5.92 Å². The molecule has 2 aromatic carbocycles. The van der Waals surface area contributed by atoms with Crippen LogP contribution in [-0.2, 0) is 4.79 Å². The molecule has 0 N–H and O–H groups in total. The number of hydrogen-bond donors (Lipinski definition) is 0. The second-order valence-corrected chi connectivity index (χ2v) is 8.25. The Labute approximate surface area is 185 Å². The highest BCUT2D eigenvalue weighted by Crippen LogP contribution is 2.25. The van der Waals surface area contributed by atoms with Gasteiger partial charge in [0.15, 0.2) is 10.9 Å². The first-order valence-electron chi connectivity index (χ1n) is 10.2. The summed E-state index contributed by atoms with van der Waals surface area (Å²) in [6.07, 6.45) is 4.93. The van der Waals surface area contributed by atoms with Crippen LogP contribution in [0.1, 0.15) is 23.2 Å². The SMILES string of the molecule is O=C(c1ccc(Oc2ccccc2)cc1)C1CCCN(C(=O)CSc2ncccn2)C1. The molecule has 3 aromatic rings. The Bertz CT molecular complexity index is 1010. The molecular weight excluding hydrogens is 410 g/mol. The lowest BCUT2D eigenvalue weighted by atomic mass is 9.90. The van der Waals surface area contributed by atoms with Crippen molar-refractivity contribution in [3.8, 4) is 11.5 Å². The van der Waals surface area contributed by atoms with Crippen molar-refractivity contribution >= 4 is 23.5 Å². The first kappa shape index (κ1) is 21.1. The van der Waals surface area contributed by atoms with E-state index in [2.05, 4.69) is 9.97 Å². The predicted octanol–water partition coefficient (Wildman–Crippen LogP) is 4.48. The quantitative estimate of drug-likeness (QED) is 0.311. The molecular formula is C24H23N3O3S. The van der Waals surface area contributed by atoms with E-state index in [0.29, 0.717) is 29.6 Å². The number of thioether (sulfide) groups is 1. The third kappa shape index (κ3) is 5.70. The van der Waals surface area contributed by atoms with Crippen LogP contribution in [0.2, 0.25) is 0 Å². The van der Waals surface area contributed by atoms with Gasteiger partial charge in [0.1, 0.15) is 11.5 Å². The summed E-state index contributed by atoms with van der Waals surface area (Å²) in [6, 6.07) is 18.5. The number of piperidine rings is 1. The highest BCUT2D eigenvalue weighted by atomic mass is 32.2. The Morgan fingerprint density at radius 3 is 2.42 bits per heavy atom. The van der Waals surface area contributed by atoms with E-state index in [1.54, 1.807) is 35.5 Å². The van der Waals surface area contributed by atoms with Crippen LogP contribution in [0.3, 0.4) is 0 Å². The van der Waals surface area contributed by atoms with Gasteiger partial charge in [0.05, 0.1) is 5.75 Å². The van der Waals surface area contributed by atoms with Gasteiger partial charge in [-0.15, -0.1) is 0 Å². The molecule has 31 heavy (non-hydrogen) atoms. The van der Waals surface area contributed by atoms with E-state index < -0.39 is 0 Å². The van der Waals surface area contributed by atoms with Crippen LogP contribution in [-0.4, -0.2) is 45.4 Å². The molecule has 1 saturated heterocycles. The molecule has 0 bridgehead atoms. The summed E-state index contributed by atoms with van der Waals surface area (Å²) in [5, 5.41) is 0.582. The second-order valence-electron chi connectivity index (χ2n) is 7.30. The Morgan fingerprint density at radius 2 is 1.68 bits per heavy atom. The van der Waals surface area contributed by atoms with Gasteiger partial charge in [-0.3, -0.25) is 9.59 Å². The third-order valence-corrected chi connectivity index (χ3v) is 5.99. The number of rotatable bonds is 7. The molecule has 6 nitrogen and oxygen atoms in total. The van der Waals surface area contributed by atoms with Crippen molar-refractivity contribution in [1.82, 2.24) is 14.9 Å². The van der Waals surface area contributed by atoms with E-state index in [0.717, 1.165) is 18.6 Å². The van der Waals surface area contributed by atoms with Crippen LogP contribution < -0.4 is 4.74 Å². The van der Waals surface area contributed by atoms with Crippen molar-refractivity contribution in [3.63, 3.8) is 0 Å². The lowest BCUT2D eigenvalue weighted by molar-refractivity contribution is -0.129.